The lowest BCUT2D eigenvalue weighted by molar-refractivity contribution is 0.320. The van der Waals surface area contributed by atoms with Crippen molar-refractivity contribution in [1.29, 1.82) is 0 Å². The molecule has 0 N–H and O–H groups in total. The van der Waals surface area contributed by atoms with Crippen molar-refractivity contribution in [1.82, 2.24) is 4.31 Å². The second-order valence-corrected chi connectivity index (χ2v) is 7.36. The van der Waals surface area contributed by atoms with Gasteiger partial charge in [-0.05, 0) is 11.6 Å². The van der Waals surface area contributed by atoms with E-state index in [4.69, 9.17) is 11.6 Å². The summed E-state index contributed by atoms with van der Waals surface area (Å²) >= 11 is 5.91. The number of rotatable bonds is 5. The number of halogens is 5. The number of hydrogen-bond donors (Lipinski definition) is 0. The van der Waals surface area contributed by atoms with Crippen LogP contribution in [0.1, 0.15) is 5.56 Å². The Morgan fingerprint density at radius 1 is 1.04 bits per heavy atom. The SMILES string of the molecule is COc1c(F)c(F)c(S(=O)(=O)N(C)Cc2ccccc2Cl)c(F)c1F. The Kier molecular flexibility index (Phi) is 5.60. The van der Waals surface area contributed by atoms with Gasteiger partial charge in [-0.15, -0.1) is 0 Å². The average molecular weight is 398 g/mol. The third-order valence-electron chi connectivity index (χ3n) is 3.41. The number of ether oxygens (including phenoxy) is 1. The summed E-state index contributed by atoms with van der Waals surface area (Å²) in [6, 6.07) is 6.17. The molecular weight excluding hydrogens is 386 g/mol. The van der Waals surface area contributed by atoms with Crippen molar-refractivity contribution in [3.8, 4) is 5.75 Å². The molecule has 0 spiro atoms. The van der Waals surface area contributed by atoms with E-state index in [-0.39, 0.29) is 11.6 Å². The van der Waals surface area contributed by atoms with Crippen LogP contribution in [0, 0.1) is 23.3 Å². The normalized spacial score (nSPS) is 11.8. The number of methoxy groups -OCH3 is 1. The summed E-state index contributed by atoms with van der Waals surface area (Å²) in [5.41, 5.74) is 0.338. The fraction of sp³-hybridized carbons (Fsp3) is 0.200. The molecule has 0 saturated heterocycles. The molecule has 136 valence electrons. The summed E-state index contributed by atoms with van der Waals surface area (Å²) in [5.74, 6) is -9.36. The molecular formula is C15H12ClF4NO3S. The molecule has 0 aromatic heterocycles. The van der Waals surface area contributed by atoms with E-state index in [0.29, 0.717) is 9.87 Å². The Hall–Kier alpha value is -1.84. The van der Waals surface area contributed by atoms with Crippen molar-refractivity contribution in [3.05, 3.63) is 58.1 Å². The highest BCUT2D eigenvalue weighted by molar-refractivity contribution is 7.89. The third-order valence-corrected chi connectivity index (χ3v) is 5.60. The van der Waals surface area contributed by atoms with Crippen LogP contribution in [-0.2, 0) is 16.6 Å². The summed E-state index contributed by atoms with van der Waals surface area (Å²) < 4.78 is 85.3. The molecule has 2 aromatic rings. The molecule has 0 radical (unpaired) electrons. The highest BCUT2D eigenvalue weighted by Gasteiger charge is 2.36. The van der Waals surface area contributed by atoms with Gasteiger partial charge in [-0.3, -0.25) is 0 Å². The largest absolute Gasteiger partial charge is 0.491 e. The van der Waals surface area contributed by atoms with Gasteiger partial charge in [-0.25, -0.2) is 17.2 Å². The number of benzene rings is 2. The first-order valence-electron chi connectivity index (χ1n) is 6.72. The van der Waals surface area contributed by atoms with Gasteiger partial charge >= 0.3 is 0 Å². The highest BCUT2D eigenvalue weighted by atomic mass is 35.5. The van der Waals surface area contributed by atoms with E-state index >= 15 is 0 Å². The Balaban J connectivity index is 2.55. The topological polar surface area (TPSA) is 46.6 Å². The minimum Gasteiger partial charge on any atom is -0.491 e. The van der Waals surface area contributed by atoms with Crippen molar-refractivity contribution < 1.29 is 30.7 Å². The Bertz CT molecular complexity index is 892. The van der Waals surface area contributed by atoms with E-state index in [9.17, 15) is 26.0 Å². The second kappa shape index (κ2) is 7.19. The maximum atomic E-state index is 14.1. The summed E-state index contributed by atoms with van der Waals surface area (Å²) in [6.07, 6.45) is 0. The molecule has 0 bridgehead atoms. The van der Waals surface area contributed by atoms with Crippen molar-refractivity contribution in [2.75, 3.05) is 14.2 Å². The van der Waals surface area contributed by atoms with E-state index in [1.807, 2.05) is 0 Å². The van der Waals surface area contributed by atoms with Crippen molar-refractivity contribution in [2.24, 2.45) is 0 Å². The van der Waals surface area contributed by atoms with Crippen molar-refractivity contribution >= 4 is 21.6 Å². The maximum Gasteiger partial charge on any atom is 0.249 e. The summed E-state index contributed by atoms with van der Waals surface area (Å²) in [5, 5.41) is 0.220. The molecule has 0 heterocycles. The third kappa shape index (κ3) is 3.44. The number of hydrogen-bond acceptors (Lipinski definition) is 3. The predicted octanol–water partition coefficient (Wildman–Crippen LogP) is 3.73. The van der Waals surface area contributed by atoms with Gasteiger partial charge in [0.15, 0.2) is 22.3 Å². The van der Waals surface area contributed by atoms with Crippen LogP contribution in [0.2, 0.25) is 5.02 Å². The molecule has 2 aromatic carbocycles. The van der Waals surface area contributed by atoms with Crippen LogP contribution in [0.3, 0.4) is 0 Å². The minimum absolute atomic E-state index is 0.220. The molecule has 0 fully saturated rings. The molecule has 0 atom stereocenters. The van der Waals surface area contributed by atoms with Gasteiger partial charge in [-0.2, -0.15) is 13.1 Å². The summed E-state index contributed by atoms with van der Waals surface area (Å²) in [6.45, 7) is -0.365. The van der Waals surface area contributed by atoms with Crippen LogP contribution in [0.4, 0.5) is 17.6 Å². The smallest absolute Gasteiger partial charge is 0.249 e. The fourth-order valence-corrected chi connectivity index (χ4v) is 3.55. The van der Waals surface area contributed by atoms with Gasteiger partial charge < -0.3 is 4.74 Å². The van der Waals surface area contributed by atoms with Gasteiger partial charge in [0.25, 0.3) is 0 Å². The molecule has 2 rings (SSSR count). The van der Waals surface area contributed by atoms with Gasteiger partial charge in [-0.1, -0.05) is 29.8 Å². The number of nitrogens with zero attached hydrogens (tertiary/aromatic N) is 1. The Morgan fingerprint density at radius 3 is 2.04 bits per heavy atom. The first-order valence-corrected chi connectivity index (χ1v) is 8.54. The zero-order valence-corrected chi connectivity index (χ0v) is 14.6. The zero-order chi connectivity index (χ0) is 18.9. The van der Waals surface area contributed by atoms with E-state index in [1.54, 1.807) is 12.1 Å². The zero-order valence-electron chi connectivity index (χ0n) is 13.0. The van der Waals surface area contributed by atoms with E-state index in [2.05, 4.69) is 4.74 Å². The van der Waals surface area contributed by atoms with Gasteiger partial charge in [0, 0.05) is 18.6 Å². The monoisotopic (exact) mass is 397 g/mol. The second-order valence-electron chi connectivity index (χ2n) is 4.97. The lowest BCUT2D eigenvalue weighted by Crippen LogP contribution is -2.29. The highest BCUT2D eigenvalue weighted by Crippen LogP contribution is 2.34. The fourth-order valence-electron chi connectivity index (χ4n) is 2.10. The summed E-state index contributed by atoms with van der Waals surface area (Å²) in [7, 11) is -3.11. The van der Waals surface area contributed by atoms with Gasteiger partial charge in [0.2, 0.25) is 21.7 Å². The van der Waals surface area contributed by atoms with Crippen molar-refractivity contribution in [2.45, 2.75) is 11.4 Å². The Labute approximate surface area is 146 Å². The van der Waals surface area contributed by atoms with E-state index in [0.717, 1.165) is 14.2 Å². The molecule has 4 nitrogen and oxygen atoms in total. The standard InChI is InChI=1S/C15H12ClF4NO3S/c1-21(7-8-5-3-4-6-9(8)16)25(22,23)15-12(19)10(17)14(24-2)11(18)13(15)20/h3-6H,7H2,1-2H3. The number of sulfonamides is 1. The van der Waals surface area contributed by atoms with Crippen molar-refractivity contribution in [3.63, 3.8) is 0 Å². The molecule has 25 heavy (non-hydrogen) atoms. The van der Waals surface area contributed by atoms with Gasteiger partial charge in [0.1, 0.15) is 0 Å². The molecule has 0 aliphatic heterocycles. The van der Waals surface area contributed by atoms with Crippen LogP contribution >= 0.6 is 11.6 Å². The summed E-state index contributed by atoms with van der Waals surface area (Å²) in [4.78, 5) is -1.74. The van der Waals surface area contributed by atoms with Gasteiger partial charge in [0.05, 0.1) is 7.11 Å². The Morgan fingerprint density at radius 2 is 1.56 bits per heavy atom. The lowest BCUT2D eigenvalue weighted by atomic mass is 10.2. The molecule has 0 amide bonds. The maximum absolute atomic E-state index is 14.1. The lowest BCUT2D eigenvalue weighted by Gasteiger charge is -2.19. The van der Waals surface area contributed by atoms with Crippen LogP contribution in [0.5, 0.6) is 5.75 Å². The molecule has 0 unspecified atom stereocenters. The average Bonchev–Trinajstić information content (AvgIpc) is 2.55. The molecule has 0 saturated carbocycles. The first-order chi connectivity index (χ1) is 11.6. The quantitative estimate of drug-likeness (QED) is 0.570. The van der Waals surface area contributed by atoms with E-state index in [1.165, 1.54) is 12.1 Å². The predicted molar refractivity (Wildman–Crippen MR) is 82.9 cm³/mol. The molecule has 0 aliphatic rings. The van der Waals surface area contributed by atoms with Crippen LogP contribution < -0.4 is 4.74 Å². The first kappa shape index (κ1) is 19.5. The molecule has 10 heteroatoms. The van der Waals surface area contributed by atoms with Crippen LogP contribution in [0.15, 0.2) is 29.2 Å². The van der Waals surface area contributed by atoms with E-state index < -0.39 is 43.9 Å². The minimum atomic E-state index is -4.90. The van der Waals surface area contributed by atoms with Crippen LogP contribution in [-0.4, -0.2) is 26.9 Å². The molecule has 0 aliphatic carbocycles. The van der Waals surface area contributed by atoms with Crippen LogP contribution in [0.25, 0.3) is 0 Å².